The van der Waals surface area contributed by atoms with E-state index in [0.717, 1.165) is 50.4 Å². The number of hydrogen-bond donors (Lipinski definition) is 1. The third-order valence-corrected chi connectivity index (χ3v) is 6.22. The molecule has 0 amide bonds. The molecule has 3 heteroatoms. The Morgan fingerprint density at radius 2 is 1.50 bits per heavy atom. The normalized spacial score (nSPS) is 30.9. The quantitative estimate of drug-likeness (QED) is 0.461. The summed E-state index contributed by atoms with van der Waals surface area (Å²) in [6, 6.07) is 0. The minimum atomic E-state index is 0.0904. The number of hydrogen-bond acceptors (Lipinski definition) is 3. The Labute approximate surface area is 148 Å². The van der Waals surface area contributed by atoms with E-state index in [9.17, 15) is 4.79 Å². The molecule has 2 rings (SSSR count). The summed E-state index contributed by atoms with van der Waals surface area (Å²) in [7, 11) is 0. The maximum atomic E-state index is 12.4. The minimum absolute atomic E-state index is 0.0904. The number of ether oxygens (including phenoxy) is 1. The van der Waals surface area contributed by atoms with Crippen molar-refractivity contribution in [2.75, 3.05) is 6.61 Å². The van der Waals surface area contributed by atoms with Gasteiger partial charge in [-0.25, -0.2) is 0 Å². The minimum Gasteiger partial charge on any atom is -0.462 e. The maximum Gasteiger partial charge on any atom is 0.309 e. The molecule has 2 aliphatic carbocycles. The van der Waals surface area contributed by atoms with Crippen LogP contribution in [0.15, 0.2) is 0 Å². The largest absolute Gasteiger partial charge is 0.462 e. The van der Waals surface area contributed by atoms with E-state index in [2.05, 4.69) is 6.92 Å². The first kappa shape index (κ1) is 19.8. The molecule has 0 saturated heterocycles. The monoisotopic (exact) mass is 338 g/mol. The van der Waals surface area contributed by atoms with Gasteiger partial charge in [-0.2, -0.15) is 0 Å². The summed E-state index contributed by atoms with van der Waals surface area (Å²) in [4.78, 5) is 12.4. The number of carbonyl (C=O) groups is 1. The van der Waals surface area contributed by atoms with Crippen LogP contribution in [-0.4, -0.2) is 23.8 Å². The van der Waals surface area contributed by atoms with Gasteiger partial charge in [0.25, 0.3) is 0 Å². The van der Waals surface area contributed by atoms with Gasteiger partial charge in [-0.05, 0) is 69.6 Å². The zero-order valence-electron chi connectivity index (χ0n) is 15.7. The van der Waals surface area contributed by atoms with Gasteiger partial charge in [0.15, 0.2) is 0 Å². The highest BCUT2D eigenvalue weighted by atomic mass is 16.5. The number of esters is 1. The molecular weight excluding hydrogens is 300 g/mol. The van der Waals surface area contributed by atoms with E-state index in [4.69, 9.17) is 9.84 Å². The van der Waals surface area contributed by atoms with Crippen LogP contribution < -0.4 is 0 Å². The van der Waals surface area contributed by atoms with E-state index in [1.165, 1.54) is 51.4 Å². The van der Waals surface area contributed by atoms with Crippen LogP contribution in [-0.2, 0) is 9.53 Å². The van der Waals surface area contributed by atoms with Crippen molar-refractivity contribution in [1.29, 1.82) is 0 Å². The van der Waals surface area contributed by atoms with Crippen LogP contribution >= 0.6 is 0 Å². The first-order chi connectivity index (χ1) is 11.7. The van der Waals surface area contributed by atoms with Gasteiger partial charge in [-0.3, -0.25) is 4.79 Å². The van der Waals surface area contributed by atoms with Gasteiger partial charge < -0.3 is 9.84 Å². The second-order valence-corrected chi connectivity index (χ2v) is 8.16. The molecule has 0 aromatic heterocycles. The van der Waals surface area contributed by atoms with Crippen molar-refractivity contribution < 1.29 is 14.6 Å². The van der Waals surface area contributed by atoms with Crippen LogP contribution in [0, 0.1) is 17.8 Å². The molecule has 2 saturated carbocycles. The van der Waals surface area contributed by atoms with Gasteiger partial charge in [-0.15, -0.1) is 0 Å². The second kappa shape index (κ2) is 11.1. The zero-order valence-corrected chi connectivity index (χ0v) is 15.7. The Morgan fingerprint density at radius 3 is 2.12 bits per heavy atom. The predicted molar refractivity (Wildman–Crippen MR) is 97.7 cm³/mol. The van der Waals surface area contributed by atoms with Crippen LogP contribution in [0.4, 0.5) is 0 Å². The molecule has 0 spiro atoms. The van der Waals surface area contributed by atoms with Crippen molar-refractivity contribution in [3.63, 3.8) is 0 Å². The maximum absolute atomic E-state index is 12.4. The molecule has 0 aliphatic heterocycles. The number of aliphatic hydroxyl groups is 1. The highest BCUT2D eigenvalue weighted by molar-refractivity contribution is 5.72. The summed E-state index contributed by atoms with van der Waals surface area (Å²) in [6.07, 6.45) is 16.4. The molecule has 0 atom stereocenters. The summed E-state index contributed by atoms with van der Waals surface area (Å²) in [6.45, 7) is 2.58. The molecule has 0 heterocycles. The fraction of sp³-hybridized carbons (Fsp3) is 0.952. The Hall–Kier alpha value is -0.570. The van der Waals surface area contributed by atoms with Crippen molar-refractivity contribution in [3.05, 3.63) is 0 Å². The first-order valence-electron chi connectivity index (χ1n) is 10.5. The lowest BCUT2D eigenvalue weighted by molar-refractivity contribution is -0.157. The summed E-state index contributed by atoms with van der Waals surface area (Å²) in [5.74, 6) is 1.91. The van der Waals surface area contributed by atoms with Gasteiger partial charge in [-0.1, -0.05) is 39.0 Å². The van der Waals surface area contributed by atoms with Crippen molar-refractivity contribution in [2.45, 2.75) is 103 Å². The zero-order chi connectivity index (χ0) is 17.2. The van der Waals surface area contributed by atoms with E-state index in [-0.39, 0.29) is 18.0 Å². The molecule has 24 heavy (non-hydrogen) atoms. The van der Waals surface area contributed by atoms with E-state index in [1.54, 1.807) is 0 Å². The topological polar surface area (TPSA) is 46.5 Å². The number of aliphatic hydroxyl groups excluding tert-OH is 1. The van der Waals surface area contributed by atoms with Crippen LogP contribution in [0.1, 0.15) is 96.8 Å². The molecular formula is C21H38O3. The van der Waals surface area contributed by atoms with Crippen LogP contribution in [0.5, 0.6) is 0 Å². The molecule has 1 N–H and O–H groups in total. The van der Waals surface area contributed by atoms with Gasteiger partial charge in [0.1, 0.15) is 6.10 Å². The fourth-order valence-electron chi connectivity index (χ4n) is 4.62. The van der Waals surface area contributed by atoms with Crippen LogP contribution in [0.3, 0.4) is 0 Å². The van der Waals surface area contributed by atoms with Gasteiger partial charge in [0.2, 0.25) is 0 Å². The SMILES string of the molecule is CCCC1CCC(OC(=O)C2CCC(CCCCCO)CC2)CC1. The van der Waals surface area contributed by atoms with E-state index in [1.807, 2.05) is 0 Å². The summed E-state index contributed by atoms with van der Waals surface area (Å²) in [5, 5.41) is 8.82. The summed E-state index contributed by atoms with van der Waals surface area (Å²) in [5.41, 5.74) is 0. The Bertz CT molecular complexity index is 339. The van der Waals surface area contributed by atoms with Crippen molar-refractivity contribution >= 4 is 5.97 Å². The average Bonchev–Trinajstić information content (AvgIpc) is 2.61. The summed E-state index contributed by atoms with van der Waals surface area (Å²) < 4.78 is 5.84. The fourth-order valence-corrected chi connectivity index (χ4v) is 4.62. The van der Waals surface area contributed by atoms with Gasteiger partial charge >= 0.3 is 5.97 Å². The lowest BCUT2D eigenvalue weighted by Gasteiger charge is -2.31. The Kier molecular flexibility index (Phi) is 9.15. The van der Waals surface area contributed by atoms with E-state index in [0.29, 0.717) is 6.61 Å². The lowest BCUT2D eigenvalue weighted by Crippen LogP contribution is -2.30. The summed E-state index contributed by atoms with van der Waals surface area (Å²) >= 11 is 0. The standard InChI is InChI=1S/C21H38O3/c1-2-6-17-10-14-20(15-11-17)24-21(23)19-12-8-18(9-13-19)7-4-3-5-16-22/h17-20,22H,2-16H2,1H3. The molecule has 2 fully saturated rings. The highest BCUT2D eigenvalue weighted by Crippen LogP contribution is 2.34. The number of carbonyl (C=O) groups excluding carboxylic acids is 1. The van der Waals surface area contributed by atoms with Crippen LogP contribution in [0.2, 0.25) is 0 Å². The Balaban J connectivity index is 1.59. The predicted octanol–water partition coefficient (Wildman–Crippen LogP) is 5.25. The van der Waals surface area contributed by atoms with Crippen LogP contribution in [0.25, 0.3) is 0 Å². The molecule has 0 unspecified atom stereocenters. The molecule has 0 aromatic rings. The first-order valence-corrected chi connectivity index (χ1v) is 10.5. The third-order valence-electron chi connectivity index (χ3n) is 6.22. The smallest absolute Gasteiger partial charge is 0.309 e. The molecule has 2 aliphatic rings. The molecule has 0 bridgehead atoms. The average molecular weight is 339 g/mol. The lowest BCUT2D eigenvalue weighted by atomic mass is 9.79. The van der Waals surface area contributed by atoms with Gasteiger partial charge in [0, 0.05) is 6.61 Å². The molecule has 0 aromatic carbocycles. The highest BCUT2D eigenvalue weighted by Gasteiger charge is 2.30. The molecule has 3 nitrogen and oxygen atoms in total. The molecule has 0 radical (unpaired) electrons. The second-order valence-electron chi connectivity index (χ2n) is 8.16. The van der Waals surface area contributed by atoms with Crippen molar-refractivity contribution in [2.24, 2.45) is 17.8 Å². The van der Waals surface area contributed by atoms with E-state index >= 15 is 0 Å². The third kappa shape index (κ3) is 6.74. The van der Waals surface area contributed by atoms with E-state index < -0.39 is 0 Å². The number of rotatable bonds is 9. The van der Waals surface area contributed by atoms with Gasteiger partial charge in [0.05, 0.1) is 5.92 Å². The Morgan fingerprint density at radius 1 is 0.875 bits per heavy atom. The van der Waals surface area contributed by atoms with Crippen molar-refractivity contribution in [1.82, 2.24) is 0 Å². The van der Waals surface area contributed by atoms with Crippen molar-refractivity contribution in [3.8, 4) is 0 Å². The number of unbranched alkanes of at least 4 members (excludes halogenated alkanes) is 2. The molecule has 140 valence electrons.